The van der Waals surface area contributed by atoms with Gasteiger partial charge in [-0.15, -0.1) is 0 Å². The summed E-state index contributed by atoms with van der Waals surface area (Å²) in [5, 5.41) is 9.77. The highest BCUT2D eigenvalue weighted by molar-refractivity contribution is 6.23. The number of ether oxygens (including phenoxy) is 2. The van der Waals surface area contributed by atoms with E-state index in [1.165, 1.54) is 12.0 Å². The first kappa shape index (κ1) is 14.4. The second kappa shape index (κ2) is 4.43. The number of carbonyl (C=O) groups excluding carboxylic acids is 2. The Labute approximate surface area is 133 Å². The van der Waals surface area contributed by atoms with Crippen LogP contribution in [-0.2, 0) is 14.3 Å². The molecular weight excluding hydrogens is 298 g/mol. The van der Waals surface area contributed by atoms with Gasteiger partial charge in [0.2, 0.25) is 11.8 Å². The lowest BCUT2D eigenvalue weighted by Gasteiger charge is -2.27. The Balaban J connectivity index is 1.80. The van der Waals surface area contributed by atoms with Gasteiger partial charge in [0.15, 0.2) is 0 Å². The molecule has 23 heavy (non-hydrogen) atoms. The maximum absolute atomic E-state index is 12.9. The van der Waals surface area contributed by atoms with Gasteiger partial charge in [-0.25, -0.2) is 4.90 Å². The van der Waals surface area contributed by atoms with Crippen LogP contribution >= 0.6 is 0 Å². The lowest BCUT2D eigenvalue weighted by molar-refractivity contribution is -0.131. The number of anilines is 1. The van der Waals surface area contributed by atoms with Crippen LogP contribution in [0.5, 0.6) is 5.75 Å². The molecular formula is C17H17NO5. The van der Waals surface area contributed by atoms with E-state index in [4.69, 9.17) is 9.47 Å². The lowest BCUT2D eigenvalue weighted by atomic mass is 9.73. The van der Waals surface area contributed by atoms with Crippen LogP contribution in [0.1, 0.15) is 6.92 Å². The molecule has 2 saturated heterocycles. The van der Waals surface area contributed by atoms with Crippen molar-refractivity contribution in [3.63, 3.8) is 0 Å². The largest absolute Gasteiger partial charge is 0.497 e. The number of fused-ring (bicyclic) bond motifs is 5. The summed E-state index contributed by atoms with van der Waals surface area (Å²) in [6.45, 7) is 1.46. The van der Waals surface area contributed by atoms with Gasteiger partial charge in [0.1, 0.15) is 11.4 Å². The maximum atomic E-state index is 12.9. The minimum Gasteiger partial charge on any atom is -0.497 e. The average molecular weight is 315 g/mol. The number of rotatable bonds is 3. The summed E-state index contributed by atoms with van der Waals surface area (Å²) in [6.07, 6.45) is 3.50. The number of aliphatic hydroxyl groups excluding tert-OH is 1. The molecule has 3 heterocycles. The van der Waals surface area contributed by atoms with E-state index in [1.54, 1.807) is 43.3 Å². The van der Waals surface area contributed by atoms with Crippen LogP contribution < -0.4 is 9.64 Å². The summed E-state index contributed by atoms with van der Waals surface area (Å²) in [6, 6.07) is 6.83. The molecule has 1 aromatic rings. The number of carbonyl (C=O) groups is 2. The predicted molar refractivity (Wildman–Crippen MR) is 80.9 cm³/mol. The Hall–Kier alpha value is -2.18. The zero-order chi connectivity index (χ0) is 16.4. The molecule has 3 aliphatic rings. The van der Waals surface area contributed by atoms with Crippen LogP contribution in [0.15, 0.2) is 36.4 Å². The van der Waals surface area contributed by atoms with Gasteiger partial charge >= 0.3 is 0 Å². The van der Waals surface area contributed by atoms with E-state index >= 15 is 0 Å². The van der Waals surface area contributed by atoms with E-state index in [2.05, 4.69) is 0 Å². The molecule has 0 unspecified atom stereocenters. The van der Waals surface area contributed by atoms with Crippen molar-refractivity contribution in [1.82, 2.24) is 0 Å². The van der Waals surface area contributed by atoms with E-state index in [-0.39, 0.29) is 18.4 Å². The van der Waals surface area contributed by atoms with Crippen LogP contribution in [0.25, 0.3) is 0 Å². The first-order chi connectivity index (χ1) is 11.0. The maximum Gasteiger partial charge on any atom is 0.241 e. The van der Waals surface area contributed by atoms with Crippen LogP contribution in [0.2, 0.25) is 0 Å². The number of hydrogen-bond acceptors (Lipinski definition) is 5. The zero-order valence-corrected chi connectivity index (χ0v) is 12.9. The SMILES string of the molecule is COc1cccc(N2C(=O)[C@@H]3[C@H](C2=O)[C@@]2(C)C=C[C@@]3(CO)O2)c1. The molecule has 1 N–H and O–H groups in total. The lowest BCUT2D eigenvalue weighted by Crippen LogP contribution is -2.43. The third-order valence-corrected chi connectivity index (χ3v) is 5.12. The van der Waals surface area contributed by atoms with E-state index in [0.717, 1.165) is 0 Å². The summed E-state index contributed by atoms with van der Waals surface area (Å²) < 4.78 is 11.0. The number of hydrogen-bond donors (Lipinski definition) is 1. The number of benzene rings is 1. The van der Waals surface area contributed by atoms with Crippen molar-refractivity contribution in [3.05, 3.63) is 36.4 Å². The number of methoxy groups -OCH3 is 1. The van der Waals surface area contributed by atoms with E-state index in [9.17, 15) is 14.7 Å². The Morgan fingerprint density at radius 1 is 1.26 bits per heavy atom. The highest BCUT2D eigenvalue weighted by Gasteiger charge is 2.72. The highest BCUT2D eigenvalue weighted by atomic mass is 16.5. The molecule has 0 spiro atoms. The van der Waals surface area contributed by atoms with Gasteiger partial charge in [-0.2, -0.15) is 0 Å². The molecule has 6 nitrogen and oxygen atoms in total. The second-order valence-electron chi connectivity index (χ2n) is 6.40. The van der Waals surface area contributed by atoms with Gasteiger partial charge in [0, 0.05) is 6.07 Å². The minimum absolute atomic E-state index is 0.296. The normalized spacial score (nSPS) is 37.6. The standard InChI is InChI=1S/C17H17NO5/c1-16-6-7-17(9-19,23-16)13-12(16)14(20)18(15(13)21)10-4-3-5-11(8-10)22-2/h3-8,12-13,19H,9H2,1-2H3/t12-,13+,16-,17+/m1/s1. The van der Waals surface area contributed by atoms with E-state index in [1.807, 2.05) is 0 Å². The summed E-state index contributed by atoms with van der Waals surface area (Å²) in [4.78, 5) is 27.0. The molecule has 1 aromatic carbocycles. The molecule has 2 fully saturated rings. The third kappa shape index (κ3) is 1.65. The second-order valence-corrected chi connectivity index (χ2v) is 6.40. The molecule has 0 aromatic heterocycles. The van der Waals surface area contributed by atoms with E-state index < -0.39 is 23.0 Å². The van der Waals surface area contributed by atoms with Gasteiger partial charge in [-0.3, -0.25) is 9.59 Å². The Morgan fingerprint density at radius 3 is 2.70 bits per heavy atom. The summed E-state index contributed by atoms with van der Waals surface area (Å²) in [5.41, 5.74) is -1.47. The zero-order valence-electron chi connectivity index (χ0n) is 12.9. The van der Waals surface area contributed by atoms with Gasteiger partial charge in [0.25, 0.3) is 0 Å². The Morgan fingerprint density at radius 2 is 2.00 bits per heavy atom. The average Bonchev–Trinajstić information content (AvgIpc) is 3.13. The first-order valence-electron chi connectivity index (χ1n) is 7.49. The molecule has 2 bridgehead atoms. The summed E-state index contributed by atoms with van der Waals surface area (Å²) >= 11 is 0. The number of nitrogens with zero attached hydrogens (tertiary/aromatic N) is 1. The highest BCUT2D eigenvalue weighted by Crippen LogP contribution is 2.57. The predicted octanol–water partition coefficient (Wildman–Crippen LogP) is 0.891. The van der Waals surface area contributed by atoms with Gasteiger partial charge in [-0.05, 0) is 19.1 Å². The van der Waals surface area contributed by atoms with Crippen LogP contribution in [0.3, 0.4) is 0 Å². The van der Waals surface area contributed by atoms with Crippen LogP contribution in [-0.4, -0.2) is 41.8 Å². The third-order valence-electron chi connectivity index (χ3n) is 5.12. The van der Waals surface area contributed by atoms with Crippen molar-refractivity contribution in [2.24, 2.45) is 11.8 Å². The van der Waals surface area contributed by atoms with Gasteiger partial charge in [0.05, 0.1) is 36.8 Å². The fourth-order valence-corrected chi connectivity index (χ4v) is 4.04. The molecule has 2 amide bonds. The monoisotopic (exact) mass is 315 g/mol. The fourth-order valence-electron chi connectivity index (χ4n) is 4.04. The van der Waals surface area contributed by atoms with E-state index in [0.29, 0.717) is 11.4 Å². The number of imide groups is 1. The molecule has 3 aliphatic heterocycles. The van der Waals surface area contributed by atoms with Crippen molar-refractivity contribution >= 4 is 17.5 Å². The molecule has 6 heteroatoms. The number of aliphatic hydroxyl groups is 1. The quantitative estimate of drug-likeness (QED) is 0.662. The first-order valence-corrected chi connectivity index (χ1v) is 7.49. The molecule has 0 saturated carbocycles. The van der Waals surface area contributed by atoms with Crippen molar-refractivity contribution in [1.29, 1.82) is 0 Å². The molecule has 0 radical (unpaired) electrons. The Kier molecular flexibility index (Phi) is 2.77. The van der Waals surface area contributed by atoms with Crippen LogP contribution in [0, 0.1) is 11.8 Å². The van der Waals surface area contributed by atoms with Crippen molar-refractivity contribution in [3.8, 4) is 5.75 Å². The molecule has 0 aliphatic carbocycles. The van der Waals surface area contributed by atoms with Crippen molar-refractivity contribution in [2.45, 2.75) is 18.1 Å². The van der Waals surface area contributed by atoms with Crippen molar-refractivity contribution in [2.75, 3.05) is 18.6 Å². The molecule has 4 atom stereocenters. The minimum atomic E-state index is -1.10. The fraction of sp³-hybridized carbons (Fsp3) is 0.412. The smallest absolute Gasteiger partial charge is 0.241 e. The Bertz CT molecular complexity index is 744. The summed E-state index contributed by atoms with van der Waals surface area (Å²) in [5.74, 6) is -1.37. The van der Waals surface area contributed by atoms with Gasteiger partial charge in [-0.1, -0.05) is 18.2 Å². The molecule has 120 valence electrons. The van der Waals surface area contributed by atoms with Gasteiger partial charge < -0.3 is 14.6 Å². The summed E-state index contributed by atoms with van der Waals surface area (Å²) in [7, 11) is 1.53. The molecule has 4 rings (SSSR count). The van der Waals surface area contributed by atoms with Crippen molar-refractivity contribution < 1.29 is 24.2 Å². The number of amides is 2. The van der Waals surface area contributed by atoms with Crippen LogP contribution in [0.4, 0.5) is 5.69 Å². The topological polar surface area (TPSA) is 76.1 Å².